The van der Waals surface area contributed by atoms with Crippen molar-refractivity contribution in [3.8, 4) is 11.4 Å². The molecule has 168 valence electrons. The number of aromatic nitrogens is 4. The van der Waals surface area contributed by atoms with Gasteiger partial charge in [0.2, 0.25) is 5.95 Å². The van der Waals surface area contributed by atoms with Crippen LogP contribution in [-0.2, 0) is 10.2 Å². The van der Waals surface area contributed by atoms with Gasteiger partial charge in [0.1, 0.15) is 5.52 Å². The van der Waals surface area contributed by atoms with Crippen molar-refractivity contribution in [2.24, 2.45) is 0 Å². The fourth-order valence-electron chi connectivity index (χ4n) is 2.95. The molecule has 0 aromatic carbocycles. The molecule has 11 heteroatoms. The van der Waals surface area contributed by atoms with Crippen molar-refractivity contribution in [2.45, 2.75) is 44.4 Å². The first-order valence-corrected chi connectivity index (χ1v) is 9.60. The molecule has 0 saturated carbocycles. The summed E-state index contributed by atoms with van der Waals surface area (Å²) in [5, 5.41) is 12.7. The molecule has 0 spiro atoms. The van der Waals surface area contributed by atoms with Crippen molar-refractivity contribution in [3.63, 3.8) is 0 Å². The summed E-state index contributed by atoms with van der Waals surface area (Å²) in [4.78, 5) is 7.74. The second-order valence-corrected chi connectivity index (χ2v) is 7.72. The highest BCUT2D eigenvalue weighted by molar-refractivity contribution is 5.64. The Labute approximate surface area is 175 Å². The predicted octanol–water partition coefficient (Wildman–Crippen LogP) is 3.51. The van der Waals surface area contributed by atoms with Crippen molar-refractivity contribution in [1.82, 2.24) is 19.6 Å². The van der Waals surface area contributed by atoms with E-state index in [1.807, 2.05) is 0 Å². The molecule has 1 fully saturated rings. The number of fused-ring (bicyclic) bond motifs is 1. The monoisotopic (exact) mass is 441 g/mol. The van der Waals surface area contributed by atoms with E-state index in [0.29, 0.717) is 6.61 Å². The third-order valence-corrected chi connectivity index (χ3v) is 5.08. The van der Waals surface area contributed by atoms with Crippen LogP contribution in [0.5, 0.6) is 0 Å². The maximum Gasteiger partial charge on any atom is 0.397 e. The number of hydrogen-bond donors (Lipinski definition) is 2. The number of pyridine rings is 1. The van der Waals surface area contributed by atoms with Gasteiger partial charge < -0.3 is 15.6 Å². The van der Waals surface area contributed by atoms with E-state index in [9.17, 15) is 17.6 Å². The van der Waals surface area contributed by atoms with Crippen LogP contribution in [0, 0.1) is 5.82 Å². The Bertz CT molecular complexity index is 1030. The minimum atomic E-state index is -4.41. The number of nitrogens with two attached hydrogens (primary N) is 1. The summed E-state index contributed by atoms with van der Waals surface area (Å²) in [7, 11) is 0. The maximum absolute atomic E-state index is 13.9. The summed E-state index contributed by atoms with van der Waals surface area (Å²) in [6.45, 7) is 3.52. The van der Waals surface area contributed by atoms with E-state index in [0.717, 1.165) is 39.5 Å². The van der Waals surface area contributed by atoms with Gasteiger partial charge in [-0.2, -0.15) is 13.2 Å². The highest BCUT2D eigenvalue weighted by atomic mass is 19.4. The van der Waals surface area contributed by atoms with Crippen LogP contribution in [-0.4, -0.2) is 50.2 Å². The second-order valence-electron chi connectivity index (χ2n) is 7.72. The van der Waals surface area contributed by atoms with Gasteiger partial charge in [-0.05, 0) is 38.3 Å². The van der Waals surface area contributed by atoms with Gasteiger partial charge in [-0.25, -0.2) is 13.9 Å². The topological polar surface area (TPSA) is 98.6 Å². The zero-order valence-electron chi connectivity index (χ0n) is 17.0. The number of anilines is 1. The summed E-state index contributed by atoms with van der Waals surface area (Å²) in [5.74, 6) is -0.638. The van der Waals surface area contributed by atoms with Crippen LogP contribution >= 0.6 is 0 Å². The molecule has 0 radical (unpaired) electrons. The molecule has 1 aliphatic heterocycles. The van der Waals surface area contributed by atoms with Crippen LogP contribution < -0.4 is 5.73 Å². The number of ether oxygens (including phenoxy) is 1. The molecule has 7 nitrogen and oxygen atoms in total. The van der Waals surface area contributed by atoms with Crippen molar-refractivity contribution in [2.75, 3.05) is 18.9 Å². The summed E-state index contributed by atoms with van der Waals surface area (Å²) in [5.41, 5.74) is 4.10. The van der Waals surface area contributed by atoms with Crippen LogP contribution in [0.3, 0.4) is 0 Å². The van der Waals surface area contributed by atoms with Gasteiger partial charge >= 0.3 is 6.18 Å². The minimum absolute atomic E-state index is 0.00854. The number of alkyl halides is 3. The fourth-order valence-corrected chi connectivity index (χ4v) is 2.95. The highest BCUT2D eigenvalue weighted by Gasteiger charge is 2.48. The van der Waals surface area contributed by atoms with Crippen molar-refractivity contribution < 1.29 is 27.4 Å². The SMILES string of the molecule is CC(C)(c1ccc(-c2cc(F)c3cnc(N)nn23)nc1)C(F)(F)F.OC1CCCOC1. The second kappa shape index (κ2) is 8.75. The molecule has 0 amide bonds. The molecular formula is C20H23F4N5O2. The first-order chi connectivity index (χ1) is 14.5. The average molecular weight is 441 g/mol. The van der Waals surface area contributed by atoms with Gasteiger partial charge in [-0.15, -0.1) is 5.10 Å². The Morgan fingerprint density at radius 3 is 2.45 bits per heavy atom. The van der Waals surface area contributed by atoms with Gasteiger partial charge in [-0.1, -0.05) is 6.07 Å². The standard InChI is InChI=1S/C15H13F4N5.C5H10O2/c1-14(2,15(17,18)19)8-3-4-10(21-6-8)11-5-9(16)12-7-22-13(20)23-24(11)12;6-5-2-1-3-7-4-5/h3-7H,1-2H3,(H2,20,23);5-6H,1-4H2. The Morgan fingerprint density at radius 2 is 1.94 bits per heavy atom. The number of aliphatic hydroxyl groups is 1. The first kappa shape index (κ1) is 22.9. The summed E-state index contributed by atoms with van der Waals surface area (Å²) < 4.78 is 59.3. The molecule has 4 rings (SSSR count). The highest BCUT2D eigenvalue weighted by Crippen LogP contribution is 2.40. The third-order valence-electron chi connectivity index (χ3n) is 5.08. The van der Waals surface area contributed by atoms with Crippen LogP contribution in [0.25, 0.3) is 16.9 Å². The van der Waals surface area contributed by atoms with Gasteiger partial charge in [0.25, 0.3) is 0 Å². The molecule has 3 aromatic rings. The van der Waals surface area contributed by atoms with Crippen molar-refractivity contribution in [3.05, 3.63) is 42.0 Å². The molecule has 3 N–H and O–H groups in total. The summed E-state index contributed by atoms with van der Waals surface area (Å²) in [6, 6.07) is 3.89. The van der Waals surface area contributed by atoms with Gasteiger partial charge in [0, 0.05) is 18.9 Å². The normalized spacial score (nSPS) is 17.3. The quantitative estimate of drug-likeness (QED) is 0.591. The predicted molar refractivity (Wildman–Crippen MR) is 106 cm³/mol. The maximum atomic E-state index is 13.9. The lowest BCUT2D eigenvalue weighted by molar-refractivity contribution is -0.180. The van der Waals surface area contributed by atoms with Crippen molar-refractivity contribution >= 4 is 11.5 Å². The average Bonchev–Trinajstić information content (AvgIpc) is 3.04. The van der Waals surface area contributed by atoms with E-state index in [2.05, 4.69) is 15.1 Å². The molecule has 31 heavy (non-hydrogen) atoms. The van der Waals surface area contributed by atoms with Gasteiger partial charge in [-0.3, -0.25) is 4.98 Å². The molecule has 4 heterocycles. The van der Waals surface area contributed by atoms with Crippen LogP contribution in [0.15, 0.2) is 30.6 Å². The Kier molecular flexibility index (Phi) is 6.46. The van der Waals surface area contributed by atoms with Crippen LogP contribution in [0.4, 0.5) is 23.5 Å². The molecule has 1 aliphatic rings. The van der Waals surface area contributed by atoms with Crippen molar-refractivity contribution in [1.29, 1.82) is 0 Å². The molecular weight excluding hydrogens is 418 g/mol. The van der Waals surface area contributed by atoms with Crippen LogP contribution in [0.2, 0.25) is 0 Å². The smallest absolute Gasteiger partial charge is 0.391 e. The number of nitrogen functional groups attached to an aromatic ring is 1. The lowest BCUT2D eigenvalue weighted by Crippen LogP contribution is -2.36. The van der Waals surface area contributed by atoms with E-state index in [1.54, 1.807) is 0 Å². The number of rotatable bonds is 2. The fraction of sp³-hybridized carbons (Fsp3) is 0.450. The summed E-state index contributed by atoms with van der Waals surface area (Å²) in [6.07, 6.45) is -0.311. The molecule has 3 aromatic heterocycles. The van der Waals surface area contributed by atoms with E-state index >= 15 is 0 Å². The Balaban J connectivity index is 0.000000330. The van der Waals surface area contributed by atoms with E-state index < -0.39 is 17.4 Å². The van der Waals surface area contributed by atoms with E-state index in [-0.39, 0.29) is 34.5 Å². The number of hydrogen-bond acceptors (Lipinski definition) is 6. The lowest BCUT2D eigenvalue weighted by Gasteiger charge is -2.27. The first-order valence-electron chi connectivity index (χ1n) is 9.60. The zero-order valence-corrected chi connectivity index (χ0v) is 17.0. The van der Waals surface area contributed by atoms with Gasteiger partial charge in [0.05, 0.1) is 35.7 Å². The molecule has 1 unspecified atom stereocenters. The largest absolute Gasteiger partial charge is 0.397 e. The third kappa shape index (κ3) is 4.93. The summed E-state index contributed by atoms with van der Waals surface area (Å²) >= 11 is 0. The number of aliphatic hydroxyl groups excluding tert-OH is 1. The minimum Gasteiger partial charge on any atom is -0.391 e. The molecule has 1 atom stereocenters. The molecule has 0 bridgehead atoms. The van der Waals surface area contributed by atoms with E-state index in [4.69, 9.17) is 15.6 Å². The lowest BCUT2D eigenvalue weighted by atomic mass is 9.85. The zero-order chi connectivity index (χ0) is 22.8. The Hall–Kier alpha value is -2.79. The molecule has 1 saturated heterocycles. The van der Waals surface area contributed by atoms with Gasteiger partial charge in [0.15, 0.2) is 5.82 Å². The van der Waals surface area contributed by atoms with Crippen LogP contribution in [0.1, 0.15) is 32.3 Å². The Morgan fingerprint density at radius 1 is 1.19 bits per heavy atom. The number of halogens is 4. The van der Waals surface area contributed by atoms with E-state index in [1.165, 1.54) is 28.9 Å². The molecule has 0 aliphatic carbocycles. The number of nitrogens with zero attached hydrogens (tertiary/aromatic N) is 4.